The van der Waals surface area contributed by atoms with E-state index in [-0.39, 0.29) is 11.6 Å². The Bertz CT molecular complexity index is 395. The molecule has 18 heavy (non-hydrogen) atoms. The van der Waals surface area contributed by atoms with Crippen LogP contribution in [-0.4, -0.2) is 5.54 Å². The van der Waals surface area contributed by atoms with Gasteiger partial charge in [-0.3, -0.25) is 5.32 Å². The van der Waals surface area contributed by atoms with E-state index in [0.717, 1.165) is 0 Å². The Morgan fingerprint density at radius 2 is 1.89 bits per heavy atom. The number of nitrogens with one attached hydrogen (secondary N) is 1. The summed E-state index contributed by atoms with van der Waals surface area (Å²) < 4.78 is 0. The molecule has 0 aliphatic rings. The third-order valence-electron chi connectivity index (χ3n) is 3.24. The van der Waals surface area contributed by atoms with E-state index < -0.39 is 0 Å². The summed E-state index contributed by atoms with van der Waals surface area (Å²) in [5, 5.41) is 3.45. The number of rotatable bonds is 6. The summed E-state index contributed by atoms with van der Waals surface area (Å²) in [6, 6.07) is 9.14. The van der Waals surface area contributed by atoms with Crippen molar-refractivity contribution in [2.75, 3.05) is 0 Å². The van der Waals surface area contributed by atoms with Gasteiger partial charge in [0.05, 0.1) is 5.54 Å². The van der Waals surface area contributed by atoms with Crippen LogP contribution in [0, 0.1) is 12.3 Å². The summed E-state index contributed by atoms with van der Waals surface area (Å²) in [7, 11) is 0. The van der Waals surface area contributed by atoms with Gasteiger partial charge in [-0.05, 0) is 44.7 Å². The zero-order chi connectivity index (χ0) is 13.6. The predicted octanol–water partition coefficient (Wildman–Crippen LogP) is 4.09. The van der Waals surface area contributed by atoms with Gasteiger partial charge in [0.15, 0.2) is 0 Å². The second kappa shape index (κ2) is 6.61. The van der Waals surface area contributed by atoms with Crippen LogP contribution in [0.1, 0.15) is 57.7 Å². The lowest BCUT2D eigenvalue weighted by Gasteiger charge is -2.25. The Morgan fingerprint density at radius 3 is 2.39 bits per heavy atom. The largest absolute Gasteiger partial charge is 0.295 e. The maximum Gasteiger partial charge on any atom is 0.0745 e. The fourth-order valence-corrected chi connectivity index (χ4v) is 2.02. The molecule has 0 aromatic heterocycles. The summed E-state index contributed by atoms with van der Waals surface area (Å²) >= 11 is 0. The minimum Gasteiger partial charge on any atom is -0.295 e. The quantitative estimate of drug-likeness (QED) is 0.742. The van der Waals surface area contributed by atoms with Crippen LogP contribution in [0.2, 0.25) is 0 Å². The number of hydrogen-bond acceptors (Lipinski definition) is 1. The first-order chi connectivity index (χ1) is 8.48. The third kappa shape index (κ3) is 4.55. The second-order valence-electron chi connectivity index (χ2n) is 5.48. The van der Waals surface area contributed by atoms with Crippen molar-refractivity contribution < 1.29 is 0 Å². The summed E-state index contributed by atoms with van der Waals surface area (Å²) in [4.78, 5) is 0. The Balaban J connectivity index is 2.65. The van der Waals surface area contributed by atoms with E-state index in [2.05, 4.69) is 49.4 Å². The molecule has 98 valence electrons. The van der Waals surface area contributed by atoms with Crippen molar-refractivity contribution in [3.05, 3.63) is 35.4 Å². The first-order valence-electron chi connectivity index (χ1n) is 6.83. The number of terminal acetylenes is 1. The third-order valence-corrected chi connectivity index (χ3v) is 3.24. The molecule has 1 heteroatoms. The van der Waals surface area contributed by atoms with E-state index in [4.69, 9.17) is 6.42 Å². The first kappa shape index (κ1) is 14.8. The lowest BCUT2D eigenvalue weighted by Crippen LogP contribution is -2.39. The van der Waals surface area contributed by atoms with Gasteiger partial charge in [0.1, 0.15) is 0 Å². The highest BCUT2D eigenvalue weighted by atomic mass is 15.0. The van der Waals surface area contributed by atoms with E-state index in [1.165, 1.54) is 30.4 Å². The Labute approximate surface area is 112 Å². The van der Waals surface area contributed by atoms with Crippen molar-refractivity contribution in [1.82, 2.24) is 5.32 Å². The van der Waals surface area contributed by atoms with Crippen molar-refractivity contribution >= 4 is 0 Å². The smallest absolute Gasteiger partial charge is 0.0745 e. The molecule has 0 saturated carbocycles. The number of unbranched alkanes of at least 4 members (excludes halogenated alkanes) is 1. The van der Waals surface area contributed by atoms with Crippen LogP contribution >= 0.6 is 0 Å². The van der Waals surface area contributed by atoms with Gasteiger partial charge in [-0.2, -0.15) is 0 Å². The molecular formula is C17H25N. The van der Waals surface area contributed by atoms with Crippen LogP contribution in [0.25, 0.3) is 0 Å². The molecule has 0 aliphatic carbocycles. The number of benzene rings is 1. The average Bonchev–Trinajstić information content (AvgIpc) is 2.36. The summed E-state index contributed by atoms with van der Waals surface area (Å²) in [5.41, 5.74) is 2.45. The summed E-state index contributed by atoms with van der Waals surface area (Å²) in [5.74, 6) is 2.77. The summed E-state index contributed by atoms with van der Waals surface area (Å²) in [6.45, 7) is 8.43. The zero-order valence-corrected chi connectivity index (χ0v) is 12.1. The molecule has 1 aromatic carbocycles. The normalized spacial score (nSPS) is 13.1. The van der Waals surface area contributed by atoms with E-state index in [9.17, 15) is 0 Å². The molecule has 0 amide bonds. The predicted molar refractivity (Wildman–Crippen MR) is 79.5 cm³/mol. The highest BCUT2D eigenvalue weighted by molar-refractivity contribution is 5.25. The fraction of sp³-hybridized carbons (Fsp3) is 0.529. The molecule has 0 radical (unpaired) electrons. The Hall–Kier alpha value is -1.26. The van der Waals surface area contributed by atoms with Crippen LogP contribution < -0.4 is 5.32 Å². The van der Waals surface area contributed by atoms with E-state index in [0.29, 0.717) is 0 Å². The monoisotopic (exact) mass is 243 g/mol. The molecule has 0 bridgehead atoms. The topological polar surface area (TPSA) is 12.0 Å². The van der Waals surface area contributed by atoms with Crippen LogP contribution in [-0.2, 0) is 6.42 Å². The van der Waals surface area contributed by atoms with Crippen molar-refractivity contribution in [1.29, 1.82) is 0 Å². The minimum absolute atomic E-state index is 0.264. The van der Waals surface area contributed by atoms with Gasteiger partial charge >= 0.3 is 0 Å². The van der Waals surface area contributed by atoms with E-state index in [1.54, 1.807) is 0 Å². The maximum absolute atomic E-state index is 5.50. The molecule has 0 fully saturated rings. The van der Waals surface area contributed by atoms with Crippen molar-refractivity contribution in [3.63, 3.8) is 0 Å². The van der Waals surface area contributed by atoms with Gasteiger partial charge < -0.3 is 0 Å². The fourth-order valence-electron chi connectivity index (χ4n) is 2.02. The molecule has 1 atom stereocenters. The van der Waals surface area contributed by atoms with Crippen molar-refractivity contribution in [2.24, 2.45) is 0 Å². The first-order valence-corrected chi connectivity index (χ1v) is 6.83. The van der Waals surface area contributed by atoms with Crippen LogP contribution in [0.15, 0.2) is 24.3 Å². The molecular weight excluding hydrogens is 218 g/mol. The van der Waals surface area contributed by atoms with Gasteiger partial charge in [-0.15, -0.1) is 6.42 Å². The van der Waals surface area contributed by atoms with Crippen molar-refractivity contribution in [2.45, 2.75) is 58.5 Å². The lowest BCUT2D eigenvalue weighted by atomic mass is 10.00. The van der Waals surface area contributed by atoms with Crippen LogP contribution in [0.5, 0.6) is 0 Å². The Morgan fingerprint density at radius 1 is 1.28 bits per heavy atom. The second-order valence-corrected chi connectivity index (χ2v) is 5.48. The molecule has 1 rings (SSSR count). The van der Waals surface area contributed by atoms with Crippen LogP contribution in [0.3, 0.4) is 0 Å². The minimum atomic E-state index is -0.264. The molecule has 0 saturated heterocycles. The molecule has 1 N–H and O–H groups in total. The highest BCUT2D eigenvalue weighted by Gasteiger charge is 2.17. The maximum atomic E-state index is 5.50. The molecule has 0 spiro atoms. The lowest BCUT2D eigenvalue weighted by molar-refractivity contribution is 0.431. The standard InChI is InChI=1S/C17H25N/c1-6-8-9-15-10-12-16(13-11-15)14(3)18-17(4,5)7-2/h2,10-14,18H,6,8-9H2,1,3-5H3. The molecule has 0 aliphatic heterocycles. The molecule has 1 aromatic rings. The molecule has 0 heterocycles. The van der Waals surface area contributed by atoms with Gasteiger partial charge in [0, 0.05) is 6.04 Å². The van der Waals surface area contributed by atoms with E-state index in [1.807, 2.05) is 13.8 Å². The van der Waals surface area contributed by atoms with Gasteiger partial charge in [-0.25, -0.2) is 0 Å². The van der Waals surface area contributed by atoms with Gasteiger partial charge in [0.2, 0.25) is 0 Å². The number of hydrogen-bond donors (Lipinski definition) is 1. The molecule has 1 unspecified atom stereocenters. The summed E-state index contributed by atoms with van der Waals surface area (Å²) in [6.07, 6.45) is 9.18. The average molecular weight is 243 g/mol. The SMILES string of the molecule is C#CC(C)(C)NC(C)c1ccc(CCCC)cc1. The van der Waals surface area contributed by atoms with E-state index >= 15 is 0 Å². The Kier molecular flexibility index (Phi) is 5.44. The van der Waals surface area contributed by atoms with Gasteiger partial charge in [0.25, 0.3) is 0 Å². The molecule has 1 nitrogen and oxygen atoms in total. The van der Waals surface area contributed by atoms with Crippen LogP contribution in [0.4, 0.5) is 0 Å². The van der Waals surface area contributed by atoms with Crippen molar-refractivity contribution in [3.8, 4) is 12.3 Å². The highest BCUT2D eigenvalue weighted by Crippen LogP contribution is 2.17. The number of aryl methyl sites for hydroxylation is 1. The zero-order valence-electron chi connectivity index (χ0n) is 12.1. The van der Waals surface area contributed by atoms with Gasteiger partial charge in [-0.1, -0.05) is 43.5 Å².